The molecule has 4 aromatic rings. The van der Waals surface area contributed by atoms with E-state index in [0.717, 1.165) is 27.4 Å². The second kappa shape index (κ2) is 6.57. The van der Waals surface area contributed by atoms with Crippen LogP contribution in [0.5, 0.6) is 0 Å². The number of aliphatic carboxylic acids is 1. The van der Waals surface area contributed by atoms with Crippen LogP contribution >= 0.6 is 0 Å². The highest BCUT2D eigenvalue weighted by atomic mass is 16.4. The molecule has 2 aromatic carbocycles. The van der Waals surface area contributed by atoms with Crippen LogP contribution in [0.3, 0.4) is 0 Å². The van der Waals surface area contributed by atoms with Crippen LogP contribution in [0, 0.1) is 0 Å². The Kier molecular flexibility index (Phi) is 4.08. The lowest BCUT2D eigenvalue weighted by atomic mass is 10.1. The summed E-state index contributed by atoms with van der Waals surface area (Å²) in [5.74, 6) is -1.62. The van der Waals surface area contributed by atoms with Crippen LogP contribution in [0.4, 0.5) is 0 Å². The third-order valence-electron chi connectivity index (χ3n) is 4.49. The molecule has 0 aliphatic rings. The van der Waals surface area contributed by atoms with Crippen molar-refractivity contribution in [1.82, 2.24) is 15.3 Å². The first-order chi connectivity index (χ1) is 13.0. The van der Waals surface area contributed by atoms with Crippen molar-refractivity contribution >= 4 is 33.7 Å². The molecule has 3 N–H and O–H groups in total. The minimum Gasteiger partial charge on any atom is -0.480 e. The monoisotopic (exact) mass is 359 g/mol. The number of H-pyrrole nitrogens is 1. The number of benzene rings is 2. The predicted octanol–water partition coefficient (Wildman–Crippen LogP) is 3.59. The maximum Gasteiger partial charge on any atom is 0.325 e. The SMILES string of the molecule is CC(NC(=O)c1cc2c([nH]c3ccccc32)c(-c2ccccc2)n1)C(=O)O. The van der Waals surface area contributed by atoms with Gasteiger partial charge in [-0.3, -0.25) is 9.59 Å². The summed E-state index contributed by atoms with van der Waals surface area (Å²) in [5.41, 5.74) is 3.49. The number of carboxylic acids is 1. The number of aromatic nitrogens is 2. The van der Waals surface area contributed by atoms with E-state index in [2.05, 4.69) is 15.3 Å². The van der Waals surface area contributed by atoms with E-state index < -0.39 is 17.9 Å². The van der Waals surface area contributed by atoms with Gasteiger partial charge in [0.1, 0.15) is 11.7 Å². The fourth-order valence-electron chi connectivity index (χ4n) is 3.10. The number of carbonyl (C=O) groups is 2. The van der Waals surface area contributed by atoms with Crippen LogP contribution in [0.15, 0.2) is 60.7 Å². The zero-order chi connectivity index (χ0) is 19.0. The summed E-state index contributed by atoms with van der Waals surface area (Å²) in [4.78, 5) is 31.6. The van der Waals surface area contributed by atoms with Gasteiger partial charge in [0.15, 0.2) is 0 Å². The van der Waals surface area contributed by atoms with Gasteiger partial charge >= 0.3 is 5.97 Å². The van der Waals surface area contributed by atoms with Gasteiger partial charge < -0.3 is 15.4 Å². The summed E-state index contributed by atoms with van der Waals surface area (Å²) < 4.78 is 0. The Bertz CT molecular complexity index is 1170. The highest BCUT2D eigenvalue weighted by Crippen LogP contribution is 2.32. The number of aromatic amines is 1. The number of pyridine rings is 1. The van der Waals surface area contributed by atoms with Crippen molar-refractivity contribution in [3.05, 3.63) is 66.4 Å². The Morgan fingerprint density at radius 3 is 2.48 bits per heavy atom. The summed E-state index contributed by atoms with van der Waals surface area (Å²) in [5, 5.41) is 13.4. The van der Waals surface area contributed by atoms with Crippen molar-refractivity contribution in [2.45, 2.75) is 13.0 Å². The molecule has 2 aromatic heterocycles. The first kappa shape index (κ1) is 16.8. The van der Waals surface area contributed by atoms with Gasteiger partial charge in [-0.25, -0.2) is 4.98 Å². The van der Waals surface area contributed by atoms with Crippen LogP contribution in [0.1, 0.15) is 17.4 Å². The maximum absolute atomic E-state index is 12.6. The molecule has 1 amide bonds. The highest BCUT2D eigenvalue weighted by molar-refractivity contribution is 6.13. The molecule has 0 saturated heterocycles. The summed E-state index contributed by atoms with van der Waals surface area (Å²) in [6.45, 7) is 1.42. The predicted molar refractivity (Wildman–Crippen MR) is 104 cm³/mol. The van der Waals surface area contributed by atoms with Gasteiger partial charge in [-0.05, 0) is 19.1 Å². The van der Waals surface area contributed by atoms with Gasteiger partial charge in [-0.1, -0.05) is 48.5 Å². The lowest BCUT2D eigenvalue weighted by molar-refractivity contribution is -0.138. The molecule has 27 heavy (non-hydrogen) atoms. The summed E-state index contributed by atoms with van der Waals surface area (Å²) >= 11 is 0. The first-order valence-corrected chi connectivity index (χ1v) is 8.55. The number of carbonyl (C=O) groups excluding carboxylic acids is 1. The van der Waals surface area contributed by atoms with Crippen molar-refractivity contribution in [3.8, 4) is 11.3 Å². The third-order valence-corrected chi connectivity index (χ3v) is 4.49. The average molecular weight is 359 g/mol. The number of nitrogens with zero attached hydrogens (tertiary/aromatic N) is 1. The van der Waals surface area contributed by atoms with E-state index in [1.54, 1.807) is 6.07 Å². The van der Waals surface area contributed by atoms with E-state index >= 15 is 0 Å². The van der Waals surface area contributed by atoms with Gasteiger partial charge in [-0.15, -0.1) is 0 Å². The highest BCUT2D eigenvalue weighted by Gasteiger charge is 2.20. The number of carboxylic acid groups (broad SMARTS) is 1. The molecule has 6 nitrogen and oxygen atoms in total. The van der Waals surface area contributed by atoms with Gasteiger partial charge in [0.05, 0.1) is 11.2 Å². The summed E-state index contributed by atoms with van der Waals surface area (Å²) in [6, 6.07) is 18.1. The first-order valence-electron chi connectivity index (χ1n) is 8.55. The minimum atomic E-state index is -1.10. The number of rotatable bonds is 4. The molecule has 0 bridgehead atoms. The second-order valence-corrected chi connectivity index (χ2v) is 6.35. The number of amides is 1. The van der Waals surface area contributed by atoms with Crippen molar-refractivity contribution in [2.75, 3.05) is 0 Å². The molecule has 0 aliphatic heterocycles. The van der Waals surface area contributed by atoms with Gasteiger partial charge in [-0.2, -0.15) is 0 Å². The van der Waals surface area contributed by atoms with E-state index in [-0.39, 0.29) is 5.69 Å². The summed E-state index contributed by atoms with van der Waals surface area (Å²) in [7, 11) is 0. The molecule has 2 heterocycles. The lowest BCUT2D eigenvalue weighted by Gasteiger charge is -2.11. The molecular formula is C21H17N3O3. The molecule has 0 radical (unpaired) electrons. The van der Waals surface area contributed by atoms with Gasteiger partial charge in [0, 0.05) is 21.9 Å². The van der Waals surface area contributed by atoms with Crippen molar-refractivity contribution in [2.24, 2.45) is 0 Å². The topological polar surface area (TPSA) is 95.1 Å². The zero-order valence-corrected chi connectivity index (χ0v) is 14.6. The van der Waals surface area contributed by atoms with Gasteiger partial charge in [0.25, 0.3) is 5.91 Å². The molecule has 1 atom stereocenters. The van der Waals surface area contributed by atoms with Crippen LogP contribution < -0.4 is 5.32 Å². The van der Waals surface area contributed by atoms with Crippen LogP contribution in [0.2, 0.25) is 0 Å². The number of hydrogen-bond acceptors (Lipinski definition) is 3. The van der Waals surface area contributed by atoms with Crippen molar-refractivity contribution < 1.29 is 14.7 Å². The van der Waals surface area contributed by atoms with E-state index in [0.29, 0.717) is 5.69 Å². The normalized spacial score (nSPS) is 12.2. The molecule has 0 spiro atoms. The smallest absolute Gasteiger partial charge is 0.325 e. The van der Waals surface area contributed by atoms with Gasteiger partial charge in [0.2, 0.25) is 0 Å². The quantitative estimate of drug-likeness (QED) is 0.519. The molecule has 1 unspecified atom stereocenters. The van der Waals surface area contributed by atoms with Crippen molar-refractivity contribution in [1.29, 1.82) is 0 Å². The number of fused-ring (bicyclic) bond motifs is 3. The van der Waals surface area contributed by atoms with Crippen molar-refractivity contribution in [3.63, 3.8) is 0 Å². The Morgan fingerprint density at radius 1 is 1.04 bits per heavy atom. The molecular weight excluding hydrogens is 342 g/mol. The Balaban J connectivity index is 1.94. The van der Waals surface area contributed by atoms with Crippen LogP contribution in [0.25, 0.3) is 33.1 Å². The van der Waals surface area contributed by atoms with E-state index in [9.17, 15) is 9.59 Å². The standard InChI is InChI=1S/C21H17N3O3/c1-12(21(26)27)22-20(25)17-11-15-14-9-5-6-10-16(14)23-19(15)18(24-17)13-7-3-2-4-8-13/h2-12,23H,1H3,(H,22,25)(H,26,27). The van der Waals surface area contributed by atoms with Crippen LogP contribution in [-0.2, 0) is 4.79 Å². The zero-order valence-electron chi connectivity index (χ0n) is 14.6. The number of para-hydroxylation sites is 1. The Hall–Kier alpha value is -3.67. The largest absolute Gasteiger partial charge is 0.480 e. The fraction of sp³-hybridized carbons (Fsp3) is 0.0952. The Labute approximate surface area is 154 Å². The number of hydrogen-bond donors (Lipinski definition) is 3. The van der Waals surface area contributed by atoms with E-state index in [1.807, 2.05) is 54.6 Å². The summed E-state index contributed by atoms with van der Waals surface area (Å²) in [6.07, 6.45) is 0. The molecule has 6 heteroatoms. The molecule has 0 fully saturated rings. The third kappa shape index (κ3) is 3.01. The van der Waals surface area contributed by atoms with E-state index in [1.165, 1.54) is 6.92 Å². The maximum atomic E-state index is 12.6. The average Bonchev–Trinajstić information content (AvgIpc) is 3.06. The van der Waals surface area contributed by atoms with Crippen LogP contribution in [-0.4, -0.2) is 33.0 Å². The Morgan fingerprint density at radius 2 is 1.74 bits per heavy atom. The molecule has 4 rings (SSSR count). The van der Waals surface area contributed by atoms with E-state index in [4.69, 9.17) is 5.11 Å². The fourth-order valence-corrected chi connectivity index (χ4v) is 3.10. The number of nitrogens with one attached hydrogen (secondary N) is 2. The molecule has 134 valence electrons. The second-order valence-electron chi connectivity index (χ2n) is 6.35. The lowest BCUT2D eigenvalue weighted by Crippen LogP contribution is -2.38. The molecule has 0 saturated carbocycles. The minimum absolute atomic E-state index is 0.180. The molecule has 0 aliphatic carbocycles.